The largest absolute Gasteiger partial charge is 0.493 e. The predicted octanol–water partition coefficient (Wildman–Crippen LogP) is 3.63. The summed E-state index contributed by atoms with van der Waals surface area (Å²) in [6, 6.07) is 6.02. The molecular formula is C19H27NO4S. The predicted molar refractivity (Wildman–Crippen MR) is 99.3 cm³/mol. The molecule has 5 nitrogen and oxygen atoms in total. The van der Waals surface area contributed by atoms with Gasteiger partial charge in [-0.05, 0) is 50.3 Å². The molecule has 0 bridgehead atoms. The van der Waals surface area contributed by atoms with E-state index in [1.165, 1.54) is 12.8 Å². The van der Waals surface area contributed by atoms with Gasteiger partial charge in [-0.1, -0.05) is 6.07 Å². The van der Waals surface area contributed by atoms with Crippen molar-refractivity contribution in [1.29, 1.82) is 0 Å². The van der Waals surface area contributed by atoms with Crippen LogP contribution in [0.25, 0.3) is 0 Å². The van der Waals surface area contributed by atoms with Gasteiger partial charge in [0.25, 0.3) is 0 Å². The highest BCUT2D eigenvalue weighted by atomic mass is 32.2. The Hall–Kier alpha value is -1.40. The molecule has 138 valence electrons. The number of rotatable bonds is 8. The van der Waals surface area contributed by atoms with Crippen molar-refractivity contribution in [2.75, 3.05) is 32.6 Å². The fourth-order valence-electron chi connectivity index (χ4n) is 3.40. The van der Waals surface area contributed by atoms with E-state index in [1.54, 1.807) is 18.9 Å². The zero-order valence-electron chi connectivity index (χ0n) is 15.0. The Morgan fingerprint density at radius 3 is 2.76 bits per heavy atom. The minimum absolute atomic E-state index is 0.0183. The Kier molecular flexibility index (Phi) is 6.48. The lowest BCUT2D eigenvalue weighted by Gasteiger charge is -2.25. The Balaban J connectivity index is 1.76. The fourth-order valence-corrected chi connectivity index (χ4v) is 4.61. The minimum Gasteiger partial charge on any atom is -0.493 e. The fraction of sp³-hybridized carbons (Fsp3) is 0.632. The molecule has 1 amide bonds. The molecule has 0 radical (unpaired) electrons. The average molecular weight is 365 g/mol. The van der Waals surface area contributed by atoms with E-state index in [-0.39, 0.29) is 17.4 Å². The molecule has 1 aromatic rings. The van der Waals surface area contributed by atoms with Gasteiger partial charge in [0, 0.05) is 13.2 Å². The van der Waals surface area contributed by atoms with E-state index in [1.807, 2.05) is 30.0 Å². The summed E-state index contributed by atoms with van der Waals surface area (Å²) in [4.78, 5) is 14.1. The molecule has 1 aliphatic carbocycles. The van der Waals surface area contributed by atoms with Gasteiger partial charge in [-0.15, -0.1) is 11.8 Å². The van der Waals surface area contributed by atoms with E-state index < -0.39 is 0 Å². The van der Waals surface area contributed by atoms with E-state index in [2.05, 4.69) is 0 Å². The number of hydrogen-bond donors (Lipinski definition) is 0. The van der Waals surface area contributed by atoms with Crippen molar-refractivity contribution >= 4 is 17.7 Å². The van der Waals surface area contributed by atoms with Crippen molar-refractivity contribution in [3.05, 3.63) is 23.8 Å². The minimum atomic E-state index is 0.0183. The van der Waals surface area contributed by atoms with Gasteiger partial charge in [0.15, 0.2) is 11.5 Å². The van der Waals surface area contributed by atoms with Crippen LogP contribution in [-0.4, -0.2) is 49.5 Å². The van der Waals surface area contributed by atoms with Gasteiger partial charge in [0.1, 0.15) is 5.37 Å². The monoisotopic (exact) mass is 365 g/mol. The zero-order chi connectivity index (χ0) is 17.6. The summed E-state index contributed by atoms with van der Waals surface area (Å²) in [6.07, 6.45) is 4.93. The SMILES string of the molecule is CCOCCN1C(=O)CSC1c1ccc(OC)c(OC2CCCC2)c1. The summed E-state index contributed by atoms with van der Waals surface area (Å²) in [5.41, 5.74) is 1.08. The first kappa shape index (κ1) is 18.4. The van der Waals surface area contributed by atoms with Crippen LogP contribution in [0.3, 0.4) is 0 Å². The number of carbonyl (C=O) groups excluding carboxylic acids is 1. The normalized spacial score (nSPS) is 21.1. The lowest BCUT2D eigenvalue weighted by molar-refractivity contribution is -0.128. The van der Waals surface area contributed by atoms with Crippen LogP contribution in [0, 0.1) is 0 Å². The molecule has 2 aliphatic rings. The molecule has 1 unspecified atom stereocenters. The molecule has 1 aromatic carbocycles. The van der Waals surface area contributed by atoms with Crippen molar-refractivity contribution in [2.24, 2.45) is 0 Å². The van der Waals surface area contributed by atoms with Crippen LogP contribution in [0.2, 0.25) is 0 Å². The van der Waals surface area contributed by atoms with Gasteiger partial charge in [0.05, 0.1) is 25.6 Å². The van der Waals surface area contributed by atoms with Crippen molar-refractivity contribution in [3.8, 4) is 11.5 Å². The van der Waals surface area contributed by atoms with Crippen LogP contribution in [-0.2, 0) is 9.53 Å². The van der Waals surface area contributed by atoms with Gasteiger partial charge in [0.2, 0.25) is 5.91 Å². The number of benzene rings is 1. The molecule has 1 saturated carbocycles. The second kappa shape index (κ2) is 8.81. The molecule has 2 fully saturated rings. The Labute approximate surface area is 154 Å². The lowest BCUT2D eigenvalue weighted by Crippen LogP contribution is -2.31. The molecule has 3 rings (SSSR count). The molecule has 6 heteroatoms. The first-order chi connectivity index (χ1) is 12.2. The van der Waals surface area contributed by atoms with Crippen molar-refractivity contribution in [1.82, 2.24) is 4.90 Å². The quantitative estimate of drug-likeness (QED) is 0.659. The lowest BCUT2D eigenvalue weighted by atomic mass is 10.1. The standard InChI is InChI=1S/C19H27NO4S/c1-3-23-11-10-20-18(21)13-25-19(20)14-8-9-16(22-2)17(12-14)24-15-6-4-5-7-15/h8-9,12,15,19H,3-7,10-11,13H2,1-2H3. The molecule has 0 spiro atoms. The zero-order valence-corrected chi connectivity index (χ0v) is 15.8. The highest BCUT2D eigenvalue weighted by Gasteiger charge is 2.33. The molecular weight excluding hydrogens is 338 g/mol. The maximum Gasteiger partial charge on any atom is 0.233 e. The van der Waals surface area contributed by atoms with E-state index in [0.717, 1.165) is 29.9 Å². The van der Waals surface area contributed by atoms with Crippen molar-refractivity contribution in [2.45, 2.75) is 44.1 Å². The van der Waals surface area contributed by atoms with E-state index >= 15 is 0 Å². The number of nitrogens with zero attached hydrogens (tertiary/aromatic N) is 1. The van der Waals surface area contributed by atoms with Gasteiger partial charge in [-0.25, -0.2) is 0 Å². The molecule has 0 aromatic heterocycles. The molecule has 0 N–H and O–H groups in total. The number of carbonyl (C=O) groups is 1. The van der Waals surface area contributed by atoms with E-state index in [4.69, 9.17) is 14.2 Å². The number of ether oxygens (including phenoxy) is 3. The van der Waals surface area contributed by atoms with Gasteiger partial charge in [-0.2, -0.15) is 0 Å². The summed E-state index contributed by atoms with van der Waals surface area (Å²) in [5, 5.41) is 0.0183. The third-order valence-electron chi connectivity index (χ3n) is 4.72. The molecule has 1 saturated heterocycles. The number of methoxy groups -OCH3 is 1. The van der Waals surface area contributed by atoms with Crippen LogP contribution in [0.4, 0.5) is 0 Å². The van der Waals surface area contributed by atoms with Crippen LogP contribution in [0.15, 0.2) is 18.2 Å². The third-order valence-corrected chi connectivity index (χ3v) is 5.97. The summed E-state index contributed by atoms with van der Waals surface area (Å²) < 4.78 is 17.1. The summed E-state index contributed by atoms with van der Waals surface area (Å²) >= 11 is 1.66. The smallest absolute Gasteiger partial charge is 0.233 e. The maximum absolute atomic E-state index is 12.2. The summed E-state index contributed by atoms with van der Waals surface area (Å²) in [5.74, 6) is 2.23. The Bertz CT molecular complexity index is 589. The molecule has 1 heterocycles. The van der Waals surface area contributed by atoms with Gasteiger partial charge >= 0.3 is 0 Å². The van der Waals surface area contributed by atoms with E-state index in [0.29, 0.717) is 25.5 Å². The van der Waals surface area contributed by atoms with Crippen LogP contribution >= 0.6 is 11.8 Å². The topological polar surface area (TPSA) is 48.0 Å². The second-order valence-corrected chi connectivity index (χ2v) is 7.45. The molecule has 1 aliphatic heterocycles. The maximum atomic E-state index is 12.2. The third kappa shape index (κ3) is 4.42. The number of hydrogen-bond acceptors (Lipinski definition) is 5. The first-order valence-electron chi connectivity index (χ1n) is 9.06. The van der Waals surface area contributed by atoms with E-state index in [9.17, 15) is 4.79 Å². The molecule has 1 atom stereocenters. The van der Waals surface area contributed by atoms with Crippen molar-refractivity contribution in [3.63, 3.8) is 0 Å². The van der Waals surface area contributed by atoms with Crippen LogP contribution in [0.5, 0.6) is 11.5 Å². The Morgan fingerprint density at radius 2 is 2.04 bits per heavy atom. The number of amides is 1. The first-order valence-corrected chi connectivity index (χ1v) is 10.1. The molecule has 25 heavy (non-hydrogen) atoms. The average Bonchev–Trinajstić information content (AvgIpc) is 3.25. The van der Waals surface area contributed by atoms with Crippen LogP contribution in [0.1, 0.15) is 43.5 Å². The highest BCUT2D eigenvalue weighted by Crippen LogP contribution is 2.42. The summed E-state index contributed by atoms with van der Waals surface area (Å²) in [6.45, 7) is 3.83. The Morgan fingerprint density at radius 1 is 1.24 bits per heavy atom. The summed E-state index contributed by atoms with van der Waals surface area (Å²) in [7, 11) is 1.67. The second-order valence-electron chi connectivity index (χ2n) is 6.38. The van der Waals surface area contributed by atoms with Crippen molar-refractivity contribution < 1.29 is 19.0 Å². The van der Waals surface area contributed by atoms with Gasteiger partial charge < -0.3 is 19.1 Å². The van der Waals surface area contributed by atoms with Gasteiger partial charge in [-0.3, -0.25) is 4.79 Å². The highest BCUT2D eigenvalue weighted by molar-refractivity contribution is 8.00. The van der Waals surface area contributed by atoms with Crippen LogP contribution < -0.4 is 9.47 Å². The number of thioether (sulfide) groups is 1.